The Morgan fingerprint density at radius 1 is 1.14 bits per heavy atom. The smallest absolute Gasteiger partial charge is 0.324 e. The zero-order chi connectivity index (χ0) is 26.5. The molecule has 4 N–H and O–H groups in total. The minimum absolute atomic E-state index is 0.363. The number of aryl methyl sites for hydroxylation is 1. The van der Waals surface area contributed by atoms with Crippen LogP contribution in [0.2, 0.25) is 5.02 Å². The molecule has 37 heavy (non-hydrogen) atoms. The fourth-order valence-electron chi connectivity index (χ4n) is 3.55. The van der Waals surface area contributed by atoms with Gasteiger partial charge in [-0.15, -0.1) is 10.2 Å². The van der Waals surface area contributed by atoms with Crippen molar-refractivity contribution < 1.29 is 14.3 Å². The molecule has 0 aliphatic heterocycles. The van der Waals surface area contributed by atoms with Gasteiger partial charge in [-0.1, -0.05) is 35.5 Å². The number of carbonyl (C=O) groups excluding carboxylic acids is 2. The van der Waals surface area contributed by atoms with E-state index in [1.165, 1.54) is 11.8 Å². The third-order valence-corrected chi connectivity index (χ3v) is 6.83. The number of thioether (sulfide) groups is 1. The molecule has 3 amide bonds. The highest BCUT2D eigenvalue weighted by molar-refractivity contribution is 7.98. The summed E-state index contributed by atoms with van der Waals surface area (Å²) in [7, 11) is 3.37. The van der Waals surface area contributed by atoms with Gasteiger partial charge in [0.25, 0.3) is 0 Å². The molecule has 12 heteroatoms. The first-order chi connectivity index (χ1) is 17.8. The predicted octanol–water partition coefficient (Wildman–Crippen LogP) is 4.88. The molecule has 0 aliphatic carbocycles. The van der Waals surface area contributed by atoms with Crippen LogP contribution in [-0.4, -0.2) is 38.8 Å². The molecule has 4 rings (SSSR count). The van der Waals surface area contributed by atoms with E-state index in [4.69, 9.17) is 22.1 Å². The number of primary amides is 1. The number of halogens is 1. The first kappa shape index (κ1) is 26.0. The van der Waals surface area contributed by atoms with Gasteiger partial charge >= 0.3 is 6.03 Å². The summed E-state index contributed by atoms with van der Waals surface area (Å²) in [5.41, 5.74) is 8.75. The lowest BCUT2D eigenvalue weighted by Crippen LogP contribution is -2.20. The molecule has 0 unspecified atom stereocenters. The Bertz CT molecular complexity index is 1460. The number of rotatable bonds is 8. The monoisotopic (exact) mass is 537 g/mol. The highest BCUT2D eigenvalue weighted by atomic mass is 35.5. The number of hydrogen-bond donors (Lipinski definition) is 3. The second-order valence-corrected chi connectivity index (χ2v) is 9.35. The molecule has 0 atom stereocenters. The number of aromatic nitrogens is 4. The van der Waals surface area contributed by atoms with Gasteiger partial charge < -0.3 is 20.4 Å². The fraction of sp³-hybridized carbons (Fsp3) is 0.160. The van der Waals surface area contributed by atoms with Crippen LogP contribution in [0, 0.1) is 6.92 Å². The third kappa shape index (κ3) is 6.01. The van der Waals surface area contributed by atoms with Crippen molar-refractivity contribution in [2.45, 2.75) is 17.8 Å². The maximum Gasteiger partial charge on any atom is 0.324 e. The van der Waals surface area contributed by atoms with Gasteiger partial charge in [0, 0.05) is 35.1 Å². The Balaban J connectivity index is 1.43. The number of ether oxygens (including phenoxy) is 1. The fourth-order valence-corrected chi connectivity index (χ4v) is 4.84. The van der Waals surface area contributed by atoms with Crippen molar-refractivity contribution in [2.24, 2.45) is 12.8 Å². The summed E-state index contributed by atoms with van der Waals surface area (Å²) >= 11 is 7.66. The number of urea groups is 1. The first-order valence-corrected chi connectivity index (χ1v) is 12.4. The van der Waals surface area contributed by atoms with Crippen molar-refractivity contribution >= 4 is 46.8 Å². The molecular formula is C25H24ClN7O3S. The molecule has 10 nitrogen and oxygen atoms in total. The highest BCUT2D eigenvalue weighted by Gasteiger charge is 2.16. The molecule has 0 fully saturated rings. The standard InChI is InChI=1S/C25H24ClN7O3S/c1-14-7-9-20(36-3)19(11-14)29-24(35)30-21-10-8-15(12-28-21)23-31-32-25(33(23)2)37-13-17-16(22(27)34)5-4-6-18(17)26/h4-12H,13H2,1-3H3,(H2,27,34)(H2,28,29,30,35). The van der Waals surface area contributed by atoms with Gasteiger partial charge in [-0.3, -0.25) is 10.1 Å². The van der Waals surface area contributed by atoms with Gasteiger partial charge in [0.2, 0.25) is 5.91 Å². The molecule has 190 valence electrons. The van der Waals surface area contributed by atoms with Crippen molar-refractivity contribution in [1.82, 2.24) is 19.7 Å². The topological polar surface area (TPSA) is 137 Å². The maximum atomic E-state index is 12.5. The lowest BCUT2D eigenvalue weighted by Gasteiger charge is -2.12. The molecule has 2 heterocycles. The molecule has 0 saturated carbocycles. The van der Waals surface area contributed by atoms with Crippen LogP contribution in [0.1, 0.15) is 21.5 Å². The van der Waals surface area contributed by atoms with Crippen molar-refractivity contribution in [1.29, 1.82) is 0 Å². The average Bonchev–Trinajstić information content (AvgIpc) is 3.23. The average molecular weight is 538 g/mol. The normalized spacial score (nSPS) is 10.7. The second-order valence-electron chi connectivity index (χ2n) is 8.00. The Morgan fingerprint density at radius 3 is 2.65 bits per heavy atom. The van der Waals surface area contributed by atoms with Gasteiger partial charge in [0.05, 0.1) is 12.8 Å². The predicted molar refractivity (Wildman–Crippen MR) is 144 cm³/mol. The number of benzene rings is 2. The molecule has 2 aromatic heterocycles. The van der Waals surface area contributed by atoms with E-state index in [0.29, 0.717) is 55.7 Å². The van der Waals surface area contributed by atoms with E-state index in [9.17, 15) is 9.59 Å². The third-order valence-electron chi connectivity index (χ3n) is 5.43. The van der Waals surface area contributed by atoms with E-state index in [1.807, 2.05) is 30.7 Å². The van der Waals surface area contributed by atoms with E-state index in [1.54, 1.807) is 49.7 Å². The molecule has 2 aromatic carbocycles. The number of pyridine rings is 1. The van der Waals surface area contributed by atoms with E-state index >= 15 is 0 Å². The van der Waals surface area contributed by atoms with Crippen LogP contribution in [0.5, 0.6) is 5.75 Å². The van der Waals surface area contributed by atoms with Gasteiger partial charge in [-0.05, 0) is 54.4 Å². The maximum absolute atomic E-state index is 12.5. The number of anilines is 2. The molecule has 0 aliphatic rings. The van der Waals surface area contributed by atoms with E-state index in [2.05, 4.69) is 25.8 Å². The van der Waals surface area contributed by atoms with Crippen LogP contribution in [0.15, 0.2) is 59.9 Å². The molecule has 0 saturated heterocycles. The number of hydrogen-bond acceptors (Lipinski definition) is 7. The summed E-state index contributed by atoms with van der Waals surface area (Å²) in [6.45, 7) is 1.92. The summed E-state index contributed by atoms with van der Waals surface area (Å²) in [6, 6.07) is 13.6. The van der Waals surface area contributed by atoms with Crippen LogP contribution < -0.4 is 21.1 Å². The Hall–Kier alpha value is -4.09. The van der Waals surface area contributed by atoms with Crippen LogP contribution >= 0.6 is 23.4 Å². The lowest BCUT2D eigenvalue weighted by atomic mass is 10.1. The van der Waals surface area contributed by atoms with Crippen LogP contribution in [-0.2, 0) is 12.8 Å². The molecular weight excluding hydrogens is 514 g/mol. The van der Waals surface area contributed by atoms with E-state index < -0.39 is 11.9 Å². The van der Waals surface area contributed by atoms with Crippen LogP contribution in [0.3, 0.4) is 0 Å². The van der Waals surface area contributed by atoms with Crippen molar-refractivity contribution in [3.8, 4) is 17.1 Å². The summed E-state index contributed by atoms with van der Waals surface area (Å²) in [5.74, 6) is 1.36. The summed E-state index contributed by atoms with van der Waals surface area (Å²) in [4.78, 5) is 28.5. The van der Waals surface area contributed by atoms with E-state index in [0.717, 1.165) is 5.56 Å². The zero-order valence-electron chi connectivity index (χ0n) is 20.3. The van der Waals surface area contributed by atoms with Crippen LogP contribution in [0.25, 0.3) is 11.4 Å². The number of nitrogens with two attached hydrogens (primary N) is 1. The quantitative estimate of drug-likeness (QED) is 0.272. The number of carbonyl (C=O) groups is 2. The summed E-state index contributed by atoms with van der Waals surface area (Å²) < 4.78 is 7.10. The van der Waals surface area contributed by atoms with Gasteiger partial charge in [-0.2, -0.15) is 0 Å². The molecule has 0 bridgehead atoms. The van der Waals surface area contributed by atoms with Crippen molar-refractivity contribution in [2.75, 3.05) is 17.7 Å². The summed E-state index contributed by atoms with van der Waals surface area (Å²) in [6.07, 6.45) is 1.60. The number of nitrogens with one attached hydrogen (secondary N) is 2. The largest absolute Gasteiger partial charge is 0.495 e. The van der Waals surface area contributed by atoms with Gasteiger partial charge in [0.1, 0.15) is 11.6 Å². The van der Waals surface area contributed by atoms with E-state index in [-0.39, 0.29) is 0 Å². The zero-order valence-corrected chi connectivity index (χ0v) is 21.9. The lowest BCUT2D eigenvalue weighted by molar-refractivity contribution is 0.0999. The number of methoxy groups -OCH3 is 1. The van der Waals surface area contributed by atoms with Gasteiger partial charge in [0.15, 0.2) is 11.0 Å². The minimum atomic E-state index is -0.539. The SMILES string of the molecule is COc1ccc(C)cc1NC(=O)Nc1ccc(-c2nnc(SCc3c(Cl)cccc3C(N)=O)n2C)cn1. The van der Waals surface area contributed by atoms with Crippen molar-refractivity contribution in [3.05, 3.63) is 76.4 Å². The Morgan fingerprint density at radius 2 is 1.95 bits per heavy atom. The Labute approximate surface area is 222 Å². The Kier molecular flexibility index (Phi) is 7.95. The van der Waals surface area contributed by atoms with Crippen molar-refractivity contribution in [3.63, 3.8) is 0 Å². The van der Waals surface area contributed by atoms with Gasteiger partial charge in [-0.25, -0.2) is 9.78 Å². The molecule has 0 spiro atoms. The number of nitrogens with zero attached hydrogens (tertiary/aromatic N) is 4. The molecule has 0 radical (unpaired) electrons. The van der Waals surface area contributed by atoms with Crippen LogP contribution in [0.4, 0.5) is 16.3 Å². The number of amides is 3. The summed E-state index contributed by atoms with van der Waals surface area (Å²) in [5, 5.41) is 15.1. The second kappa shape index (κ2) is 11.3. The first-order valence-electron chi connectivity index (χ1n) is 11.0. The molecule has 4 aromatic rings. The minimum Gasteiger partial charge on any atom is -0.495 e. The highest BCUT2D eigenvalue weighted by Crippen LogP contribution is 2.30.